The van der Waals surface area contributed by atoms with Crippen LogP contribution in [0.2, 0.25) is 0 Å². The Labute approximate surface area is 51.4 Å². The Balaban J connectivity index is 0. The molecule has 0 fully saturated rings. The summed E-state index contributed by atoms with van der Waals surface area (Å²) in [5.74, 6) is 0.289. The van der Waals surface area contributed by atoms with Crippen molar-refractivity contribution in [2.24, 2.45) is 0 Å². The normalized spacial score (nSPS) is 6.75. The van der Waals surface area contributed by atoms with Crippen LogP contribution in [0.5, 0.6) is 0 Å². The van der Waals surface area contributed by atoms with E-state index in [1.165, 1.54) is 0 Å². The lowest BCUT2D eigenvalue weighted by Gasteiger charge is -1.80. The van der Waals surface area contributed by atoms with Crippen molar-refractivity contribution in [1.82, 2.24) is 0 Å². The van der Waals surface area contributed by atoms with Gasteiger partial charge in [-0.05, 0) is 13.3 Å². The van der Waals surface area contributed by atoms with Gasteiger partial charge in [0.1, 0.15) is 5.78 Å². The van der Waals surface area contributed by atoms with Crippen LogP contribution in [-0.2, 0) is 4.79 Å². The maximum atomic E-state index is 10.0. The summed E-state index contributed by atoms with van der Waals surface area (Å²) in [6, 6.07) is 0. The van der Waals surface area contributed by atoms with Crippen molar-refractivity contribution in [3.63, 3.8) is 0 Å². The SMILES string of the molecule is C=C.CCCC(C)=O. The third kappa shape index (κ3) is 18.1. The average molecular weight is 114 g/mol. The molecule has 0 aromatic heterocycles. The van der Waals surface area contributed by atoms with Gasteiger partial charge in [0, 0.05) is 6.42 Å². The highest BCUT2D eigenvalue weighted by atomic mass is 16.1. The lowest BCUT2D eigenvalue weighted by Crippen LogP contribution is -1.84. The summed E-state index contributed by atoms with van der Waals surface area (Å²) in [4.78, 5) is 10.0. The van der Waals surface area contributed by atoms with E-state index in [0.29, 0.717) is 0 Å². The molecule has 0 aliphatic heterocycles. The van der Waals surface area contributed by atoms with Crippen molar-refractivity contribution in [2.45, 2.75) is 26.7 Å². The van der Waals surface area contributed by atoms with Gasteiger partial charge in [0.05, 0.1) is 0 Å². The van der Waals surface area contributed by atoms with E-state index in [4.69, 9.17) is 0 Å². The van der Waals surface area contributed by atoms with Crippen LogP contribution < -0.4 is 0 Å². The predicted octanol–water partition coefficient (Wildman–Crippen LogP) is 2.18. The molecular formula is C7H14O. The van der Waals surface area contributed by atoms with Gasteiger partial charge in [-0.15, -0.1) is 13.2 Å². The van der Waals surface area contributed by atoms with Gasteiger partial charge in [0.25, 0.3) is 0 Å². The first kappa shape index (κ1) is 10.4. The van der Waals surface area contributed by atoms with Crippen molar-refractivity contribution in [3.8, 4) is 0 Å². The first-order chi connectivity index (χ1) is 3.77. The van der Waals surface area contributed by atoms with Gasteiger partial charge in [-0.2, -0.15) is 0 Å². The van der Waals surface area contributed by atoms with Crippen LogP contribution in [0, 0.1) is 0 Å². The van der Waals surface area contributed by atoms with Crippen molar-refractivity contribution < 1.29 is 4.79 Å². The molecule has 0 saturated heterocycles. The second kappa shape index (κ2) is 9.65. The van der Waals surface area contributed by atoms with Crippen molar-refractivity contribution in [1.29, 1.82) is 0 Å². The van der Waals surface area contributed by atoms with Crippen molar-refractivity contribution >= 4 is 5.78 Å². The Morgan fingerprint density at radius 2 is 1.88 bits per heavy atom. The molecule has 1 heteroatoms. The second-order valence-corrected chi connectivity index (χ2v) is 1.45. The van der Waals surface area contributed by atoms with E-state index in [0.717, 1.165) is 12.8 Å². The van der Waals surface area contributed by atoms with E-state index in [1.54, 1.807) is 6.92 Å². The van der Waals surface area contributed by atoms with E-state index >= 15 is 0 Å². The third-order valence-corrected chi connectivity index (χ3v) is 0.602. The number of carbonyl (C=O) groups excluding carboxylic acids is 1. The van der Waals surface area contributed by atoms with Crippen LogP contribution >= 0.6 is 0 Å². The Morgan fingerprint density at radius 3 is 1.88 bits per heavy atom. The Bertz CT molecular complexity index is 57.4. The molecule has 8 heavy (non-hydrogen) atoms. The van der Waals surface area contributed by atoms with Crippen LogP contribution in [-0.4, -0.2) is 5.78 Å². The Hall–Kier alpha value is -0.590. The van der Waals surface area contributed by atoms with Gasteiger partial charge in [0.15, 0.2) is 0 Å². The molecule has 0 rings (SSSR count). The topological polar surface area (TPSA) is 17.1 Å². The van der Waals surface area contributed by atoms with Gasteiger partial charge in [-0.3, -0.25) is 0 Å². The molecule has 0 N–H and O–H groups in total. The largest absolute Gasteiger partial charge is 0.300 e. The molecule has 0 aliphatic rings. The maximum Gasteiger partial charge on any atom is 0.129 e. The number of Topliss-reactive ketones (excluding diaryl/α,β-unsaturated/α-hetero) is 1. The quantitative estimate of drug-likeness (QED) is 0.503. The van der Waals surface area contributed by atoms with E-state index < -0.39 is 0 Å². The maximum absolute atomic E-state index is 10.0. The first-order valence-electron chi connectivity index (χ1n) is 2.76. The Morgan fingerprint density at radius 1 is 1.50 bits per heavy atom. The lowest BCUT2D eigenvalue weighted by molar-refractivity contribution is -0.117. The summed E-state index contributed by atoms with van der Waals surface area (Å²) in [5.41, 5.74) is 0. The molecule has 0 unspecified atom stereocenters. The molecule has 0 heterocycles. The van der Waals surface area contributed by atoms with Crippen LogP contribution in [0.15, 0.2) is 13.2 Å². The molecule has 0 aromatic rings. The zero-order valence-electron chi connectivity index (χ0n) is 5.74. The molecule has 0 spiro atoms. The first-order valence-corrected chi connectivity index (χ1v) is 2.76. The highest BCUT2D eigenvalue weighted by molar-refractivity contribution is 5.75. The zero-order chi connectivity index (χ0) is 6.99. The molecule has 1 nitrogen and oxygen atoms in total. The van der Waals surface area contributed by atoms with E-state index in [-0.39, 0.29) is 5.78 Å². The van der Waals surface area contributed by atoms with Crippen LogP contribution in [0.1, 0.15) is 26.7 Å². The number of hydrogen-bond acceptors (Lipinski definition) is 1. The highest BCUT2D eigenvalue weighted by Crippen LogP contribution is 1.84. The van der Waals surface area contributed by atoms with E-state index in [2.05, 4.69) is 13.2 Å². The number of ketones is 1. The number of hydrogen-bond donors (Lipinski definition) is 0. The fraction of sp³-hybridized carbons (Fsp3) is 0.571. The van der Waals surface area contributed by atoms with Gasteiger partial charge in [-0.25, -0.2) is 0 Å². The summed E-state index contributed by atoms with van der Waals surface area (Å²) in [6.45, 7) is 9.62. The molecule has 0 aromatic carbocycles. The number of carbonyl (C=O) groups is 1. The zero-order valence-corrected chi connectivity index (χ0v) is 5.74. The fourth-order valence-corrected chi connectivity index (χ4v) is 0.352. The highest BCUT2D eigenvalue weighted by Gasteiger charge is 1.83. The van der Waals surface area contributed by atoms with E-state index in [1.807, 2.05) is 6.92 Å². The van der Waals surface area contributed by atoms with Gasteiger partial charge < -0.3 is 4.79 Å². The fourth-order valence-electron chi connectivity index (χ4n) is 0.352. The van der Waals surface area contributed by atoms with Crippen molar-refractivity contribution in [2.75, 3.05) is 0 Å². The smallest absolute Gasteiger partial charge is 0.129 e. The molecule has 0 saturated carbocycles. The van der Waals surface area contributed by atoms with Gasteiger partial charge in [0.2, 0.25) is 0 Å². The summed E-state index contributed by atoms with van der Waals surface area (Å²) in [5, 5.41) is 0. The van der Waals surface area contributed by atoms with Crippen LogP contribution in [0.3, 0.4) is 0 Å². The monoisotopic (exact) mass is 114 g/mol. The summed E-state index contributed by atoms with van der Waals surface area (Å²) in [6.07, 6.45) is 1.72. The molecule has 0 amide bonds. The molecular weight excluding hydrogens is 100 g/mol. The molecule has 0 aliphatic carbocycles. The minimum Gasteiger partial charge on any atom is -0.300 e. The minimum absolute atomic E-state index is 0.289. The molecule has 48 valence electrons. The third-order valence-electron chi connectivity index (χ3n) is 0.602. The molecule has 0 radical (unpaired) electrons. The van der Waals surface area contributed by atoms with Crippen LogP contribution in [0.25, 0.3) is 0 Å². The lowest BCUT2D eigenvalue weighted by atomic mass is 10.3. The number of rotatable bonds is 2. The summed E-state index contributed by atoms with van der Waals surface area (Å²) in [7, 11) is 0. The van der Waals surface area contributed by atoms with Crippen LogP contribution in [0.4, 0.5) is 0 Å². The van der Waals surface area contributed by atoms with Gasteiger partial charge in [-0.1, -0.05) is 6.92 Å². The van der Waals surface area contributed by atoms with E-state index in [9.17, 15) is 4.79 Å². The predicted molar refractivity (Wildman–Crippen MR) is 36.8 cm³/mol. The minimum atomic E-state index is 0.289. The molecule has 0 atom stereocenters. The summed E-state index contributed by atoms with van der Waals surface area (Å²) < 4.78 is 0. The second-order valence-electron chi connectivity index (χ2n) is 1.45. The molecule has 0 bridgehead atoms. The Kier molecular flexibility index (Phi) is 12.5. The van der Waals surface area contributed by atoms with Gasteiger partial charge >= 0.3 is 0 Å². The summed E-state index contributed by atoms with van der Waals surface area (Å²) >= 11 is 0. The van der Waals surface area contributed by atoms with Crippen molar-refractivity contribution in [3.05, 3.63) is 13.2 Å². The average Bonchev–Trinajstić information content (AvgIpc) is 1.72. The standard InChI is InChI=1S/C5H10O.C2H4/c1-3-4-5(2)6;1-2/h3-4H2,1-2H3;1-2H2.